The van der Waals surface area contributed by atoms with E-state index in [0.717, 1.165) is 37.6 Å². The average molecular weight is 273 g/mol. The molecule has 0 saturated carbocycles. The summed E-state index contributed by atoms with van der Waals surface area (Å²) in [5.74, 6) is 0.884. The summed E-state index contributed by atoms with van der Waals surface area (Å²) < 4.78 is 5.76. The Bertz CT molecular complexity index is 450. The quantitative estimate of drug-likeness (QED) is 0.792. The lowest BCUT2D eigenvalue weighted by Gasteiger charge is -2.20. The predicted octanol–water partition coefficient (Wildman–Crippen LogP) is 1.77. The summed E-state index contributed by atoms with van der Waals surface area (Å²) in [5.41, 5.74) is 1.04. The number of benzene rings is 1. The molecule has 0 spiro atoms. The highest BCUT2D eigenvalue weighted by atomic mass is 16.5. The predicted molar refractivity (Wildman–Crippen MR) is 79.8 cm³/mol. The molecule has 1 atom stereocenters. The fourth-order valence-electron chi connectivity index (χ4n) is 2.52. The number of rotatable bonds is 6. The molecule has 1 aromatic carbocycles. The second kappa shape index (κ2) is 7.28. The van der Waals surface area contributed by atoms with E-state index in [1.165, 1.54) is 6.42 Å². The monoisotopic (exact) mass is 273 g/mol. The van der Waals surface area contributed by atoms with Gasteiger partial charge in [0.25, 0.3) is 0 Å². The molecule has 0 aromatic heterocycles. The summed E-state index contributed by atoms with van der Waals surface area (Å²) in [6.07, 6.45) is 1.70. The van der Waals surface area contributed by atoms with Crippen LogP contribution < -0.4 is 4.74 Å². The number of nitriles is 1. The lowest BCUT2D eigenvalue weighted by molar-refractivity contribution is 0.220. The maximum atomic E-state index is 8.62. The number of nitrogens with zero attached hydrogens (tertiary/aromatic N) is 3. The zero-order valence-electron chi connectivity index (χ0n) is 12.4. The van der Waals surface area contributed by atoms with Gasteiger partial charge in [-0.1, -0.05) is 12.1 Å². The highest BCUT2D eigenvalue weighted by Crippen LogP contribution is 2.14. The van der Waals surface area contributed by atoms with Crippen molar-refractivity contribution in [3.63, 3.8) is 0 Å². The van der Waals surface area contributed by atoms with Gasteiger partial charge in [-0.2, -0.15) is 5.26 Å². The molecule has 1 aromatic rings. The number of ether oxygens (including phenoxy) is 1. The maximum absolute atomic E-state index is 8.62. The minimum Gasteiger partial charge on any atom is -0.492 e. The third kappa shape index (κ3) is 4.22. The van der Waals surface area contributed by atoms with E-state index in [9.17, 15) is 0 Å². The van der Waals surface area contributed by atoms with Crippen molar-refractivity contribution in [2.45, 2.75) is 18.9 Å². The molecule has 4 nitrogen and oxygen atoms in total. The Morgan fingerprint density at radius 2 is 2.10 bits per heavy atom. The van der Waals surface area contributed by atoms with E-state index in [0.29, 0.717) is 12.5 Å². The molecule has 20 heavy (non-hydrogen) atoms. The van der Waals surface area contributed by atoms with Crippen molar-refractivity contribution in [2.75, 3.05) is 40.3 Å². The third-order valence-electron chi connectivity index (χ3n) is 3.86. The van der Waals surface area contributed by atoms with Gasteiger partial charge in [0.05, 0.1) is 12.5 Å². The molecule has 1 saturated heterocycles. The van der Waals surface area contributed by atoms with Crippen molar-refractivity contribution in [3.05, 3.63) is 29.8 Å². The van der Waals surface area contributed by atoms with Crippen LogP contribution >= 0.6 is 0 Å². The van der Waals surface area contributed by atoms with Gasteiger partial charge >= 0.3 is 0 Å². The van der Waals surface area contributed by atoms with Gasteiger partial charge in [0.1, 0.15) is 12.4 Å². The molecule has 0 amide bonds. The van der Waals surface area contributed by atoms with Crippen LogP contribution in [0.1, 0.15) is 12.0 Å². The molecule has 1 unspecified atom stereocenters. The van der Waals surface area contributed by atoms with Crippen LogP contribution in [-0.4, -0.2) is 56.2 Å². The van der Waals surface area contributed by atoms with Crippen molar-refractivity contribution in [2.24, 2.45) is 0 Å². The Labute approximate surface area is 121 Å². The summed E-state index contributed by atoms with van der Waals surface area (Å²) in [6, 6.07) is 10.6. The summed E-state index contributed by atoms with van der Waals surface area (Å²) in [7, 11) is 4.29. The van der Waals surface area contributed by atoms with Crippen molar-refractivity contribution in [3.8, 4) is 11.8 Å². The molecule has 1 heterocycles. The summed E-state index contributed by atoms with van der Waals surface area (Å²) >= 11 is 0. The SMILES string of the molecule is CN(C)C1CCN(CCOc2ccc(CC#N)cc2)C1. The van der Waals surface area contributed by atoms with Gasteiger partial charge in [-0.05, 0) is 44.8 Å². The van der Waals surface area contributed by atoms with Gasteiger partial charge in [-0.15, -0.1) is 0 Å². The van der Waals surface area contributed by atoms with Crippen LogP contribution in [0.15, 0.2) is 24.3 Å². The number of likely N-dealkylation sites (N-methyl/N-ethyl adjacent to an activating group) is 1. The van der Waals surface area contributed by atoms with Crippen molar-refractivity contribution < 1.29 is 4.74 Å². The first-order chi connectivity index (χ1) is 9.69. The Morgan fingerprint density at radius 3 is 2.70 bits per heavy atom. The Hall–Kier alpha value is -1.57. The highest BCUT2D eigenvalue weighted by Gasteiger charge is 2.23. The highest BCUT2D eigenvalue weighted by molar-refractivity contribution is 5.28. The number of hydrogen-bond donors (Lipinski definition) is 0. The molecule has 1 fully saturated rings. The number of hydrogen-bond acceptors (Lipinski definition) is 4. The lowest BCUT2D eigenvalue weighted by atomic mass is 10.2. The van der Waals surface area contributed by atoms with E-state index in [2.05, 4.69) is 30.0 Å². The van der Waals surface area contributed by atoms with Gasteiger partial charge < -0.3 is 9.64 Å². The standard InChI is InChI=1S/C16H23N3O/c1-18(2)15-8-10-19(13-15)11-12-20-16-5-3-14(4-6-16)7-9-17/h3-6,15H,7-8,10-13H2,1-2H3. The van der Waals surface area contributed by atoms with Gasteiger partial charge in [0, 0.05) is 19.1 Å². The lowest BCUT2D eigenvalue weighted by Crippen LogP contribution is -2.33. The molecular formula is C16H23N3O. The first kappa shape index (κ1) is 14.8. The first-order valence-electron chi connectivity index (χ1n) is 7.16. The van der Waals surface area contributed by atoms with Crippen molar-refractivity contribution in [1.29, 1.82) is 5.26 Å². The molecule has 0 aliphatic carbocycles. The van der Waals surface area contributed by atoms with E-state index < -0.39 is 0 Å². The zero-order valence-corrected chi connectivity index (χ0v) is 12.4. The molecule has 2 rings (SSSR count). The van der Waals surface area contributed by atoms with Crippen LogP contribution in [0, 0.1) is 11.3 Å². The molecule has 0 N–H and O–H groups in total. The first-order valence-corrected chi connectivity index (χ1v) is 7.16. The Balaban J connectivity index is 1.70. The van der Waals surface area contributed by atoms with Gasteiger partial charge in [0.15, 0.2) is 0 Å². The Kier molecular flexibility index (Phi) is 5.40. The molecule has 0 bridgehead atoms. The van der Waals surface area contributed by atoms with E-state index in [-0.39, 0.29) is 0 Å². The molecule has 4 heteroatoms. The van der Waals surface area contributed by atoms with E-state index in [1.54, 1.807) is 0 Å². The minimum atomic E-state index is 0.458. The van der Waals surface area contributed by atoms with Crippen LogP contribution in [-0.2, 0) is 6.42 Å². The maximum Gasteiger partial charge on any atom is 0.119 e. The van der Waals surface area contributed by atoms with Gasteiger partial charge in [-0.25, -0.2) is 0 Å². The molecule has 1 aliphatic rings. The smallest absolute Gasteiger partial charge is 0.119 e. The zero-order chi connectivity index (χ0) is 14.4. The molecule has 0 radical (unpaired) electrons. The van der Waals surface area contributed by atoms with Crippen LogP contribution in [0.2, 0.25) is 0 Å². The molecular weight excluding hydrogens is 250 g/mol. The molecule has 108 valence electrons. The van der Waals surface area contributed by atoms with Crippen LogP contribution in [0.4, 0.5) is 0 Å². The summed E-state index contributed by atoms with van der Waals surface area (Å²) in [4.78, 5) is 4.75. The largest absolute Gasteiger partial charge is 0.492 e. The van der Waals surface area contributed by atoms with Crippen LogP contribution in [0.25, 0.3) is 0 Å². The van der Waals surface area contributed by atoms with Crippen molar-refractivity contribution >= 4 is 0 Å². The number of likely N-dealkylation sites (tertiary alicyclic amines) is 1. The van der Waals surface area contributed by atoms with Gasteiger partial charge in [0.2, 0.25) is 0 Å². The van der Waals surface area contributed by atoms with E-state index >= 15 is 0 Å². The fraction of sp³-hybridized carbons (Fsp3) is 0.562. The Morgan fingerprint density at radius 1 is 1.35 bits per heavy atom. The second-order valence-electron chi connectivity index (χ2n) is 5.53. The average Bonchev–Trinajstić information content (AvgIpc) is 2.90. The van der Waals surface area contributed by atoms with Crippen LogP contribution in [0.3, 0.4) is 0 Å². The second-order valence-corrected chi connectivity index (χ2v) is 5.53. The summed E-state index contributed by atoms with van der Waals surface area (Å²) in [6.45, 7) is 3.99. The van der Waals surface area contributed by atoms with E-state index in [1.807, 2.05) is 24.3 Å². The summed E-state index contributed by atoms with van der Waals surface area (Å²) in [5, 5.41) is 8.62. The normalized spacial score (nSPS) is 19.2. The van der Waals surface area contributed by atoms with Gasteiger partial charge in [-0.3, -0.25) is 4.90 Å². The van der Waals surface area contributed by atoms with Crippen molar-refractivity contribution in [1.82, 2.24) is 9.80 Å². The fourth-order valence-corrected chi connectivity index (χ4v) is 2.52. The van der Waals surface area contributed by atoms with E-state index in [4.69, 9.17) is 10.00 Å². The topological polar surface area (TPSA) is 39.5 Å². The third-order valence-corrected chi connectivity index (χ3v) is 3.86. The van der Waals surface area contributed by atoms with Crippen LogP contribution in [0.5, 0.6) is 5.75 Å². The molecule has 1 aliphatic heterocycles. The minimum absolute atomic E-state index is 0.458.